The van der Waals surface area contributed by atoms with Gasteiger partial charge in [0, 0.05) is 30.5 Å². The summed E-state index contributed by atoms with van der Waals surface area (Å²) < 4.78 is 91.9. The highest BCUT2D eigenvalue weighted by molar-refractivity contribution is 7.91. The highest BCUT2D eigenvalue weighted by Gasteiger charge is 2.48. The Bertz CT molecular complexity index is 1600. The first-order valence-corrected chi connectivity index (χ1v) is 13.2. The molecule has 3 aromatic rings. The van der Waals surface area contributed by atoms with Gasteiger partial charge in [-0.3, -0.25) is 9.59 Å². The Kier molecular flexibility index (Phi) is 5.81. The fourth-order valence-electron chi connectivity index (χ4n) is 4.94. The fourth-order valence-corrected chi connectivity index (χ4v) is 5.49. The van der Waals surface area contributed by atoms with Crippen LogP contribution in [0.25, 0.3) is 5.82 Å². The number of alkyl halides is 3. The number of aryl methyl sites for hydroxylation is 1. The number of hydrogen-bond acceptors (Lipinski definition) is 6. The number of benzene rings is 1. The van der Waals surface area contributed by atoms with Gasteiger partial charge in [-0.2, -0.15) is 23.0 Å². The molecule has 38 heavy (non-hydrogen) atoms. The molecule has 0 saturated carbocycles. The maximum Gasteiger partial charge on any atom is 0.417 e. The van der Waals surface area contributed by atoms with E-state index in [9.17, 15) is 40.0 Å². The largest absolute Gasteiger partial charge is 0.417 e. The first-order chi connectivity index (χ1) is 17.7. The van der Waals surface area contributed by atoms with Gasteiger partial charge < -0.3 is 10.6 Å². The molecule has 3 heterocycles. The van der Waals surface area contributed by atoms with Gasteiger partial charge in [0.05, 0.1) is 16.8 Å². The van der Waals surface area contributed by atoms with Gasteiger partial charge in [-0.1, -0.05) is 0 Å². The first-order valence-electron chi connectivity index (χ1n) is 11.1. The molecule has 1 aromatic carbocycles. The van der Waals surface area contributed by atoms with E-state index in [0.29, 0.717) is 17.8 Å². The van der Waals surface area contributed by atoms with Gasteiger partial charge in [0.15, 0.2) is 21.5 Å². The molecule has 15 heteroatoms. The van der Waals surface area contributed by atoms with Crippen LogP contribution < -0.4 is 10.6 Å². The molecule has 1 aliphatic carbocycles. The number of sulfone groups is 1. The van der Waals surface area contributed by atoms with Crippen molar-refractivity contribution in [2.24, 2.45) is 0 Å². The Labute approximate surface area is 212 Å². The maximum atomic E-state index is 14.9. The van der Waals surface area contributed by atoms with E-state index in [1.54, 1.807) is 0 Å². The molecule has 0 radical (unpaired) electrons. The van der Waals surface area contributed by atoms with E-state index < -0.39 is 56.3 Å². The number of anilines is 1. The first kappa shape index (κ1) is 25.8. The Hall–Kier alpha value is -3.88. The predicted octanol–water partition coefficient (Wildman–Crippen LogP) is 2.68. The molecule has 2 aliphatic rings. The third kappa shape index (κ3) is 4.50. The summed E-state index contributed by atoms with van der Waals surface area (Å²) in [4.78, 5) is 29.6. The number of fused-ring (bicyclic) bond motifs is 3. The second-order valence-corrected chi connectivity index (χ2v) is 11.4. The van der Waals surface area contributed by atoms with Crippen molar-refractivity contribution in [2.75, 3.05) is 17.3 Å². The van der Waals surface area contributed by atoms with E-state index in [0.717, 1.165) is 23.1 Å². The molecule has 200 valence electrons. The molecule has 0 bridgehead atoms. The summed E-state index contributed by atoms with van der Waals surface area (Å²) in [5, 5.41) is 9.33. The molecule has 9 nitrogen and oxygen atoms in total. The van der Waals surface area contributed by atoms with E-state index >= 15 is 0 Å². The van der Waals surface area contributed by atoms with Gasteiger partial charge >= 0.3 is 6.18 Å². The lowest BCUT2D eigenvalue weighted by molar-refractivity contribution is -0.137. The minimum absolute atomic E-state index is 0.0571. The number of halogens is 5. The molecule has 1 atom stereocenters. The smallest absolute Gasteiger partial charge is 0.342 e. The lowest BCUT2D eigenvalue weighted by atomic mass is 9.82. The third-order valence-electron chi connectivity index (χ3n) is 6.39. The average molecular weight is 555 g/mol. The molecule has 0 unspecified atom stereocenters. The Balaban J connectivity index is 1.62. The summed E-state index contributed by atoms with van der Waals surface area (Å²) in [6, 6.07) is 3.57. The zero-order chi connectivity index (χ0) is 27.6. The molecular weight excluding hydrogens is 537 g/mol. The summed E-state index contributed by atoms with van der Waals surface area (Å²) in [7, 11) is -3.78. The molecule has 5 rings (SSSR count). The molecule has 1 spiro atoms. The van der Waals surface area contributed by atoms with Crippen LogP contribution in [-0.2, 0) is 39.2 Å². The van der Waals surface area contributed by atoms with Crippen molar-refractivity contribution in [1.29, 1.82) is 0 Å². The van der Waals surface area contributed by atoms with Gasteiger partial charge in [-0.15, -0.1) is 0 Å². The van der Waals surface area contributed by atoms with E-state index in [2.05, 4.69) is 20.7 Å². The minimum Gasteiger partial charge on any atom is -0.342 e. The molecule has 0 saturated heterocycles. The molecule has 2 N–H and O–H groups in total. The van der Waals surface area contributed by atoms with Crippen LogP contribution in [0.15, 0.2) is 30.5 Å². The maximum absolute atomic E-state index is 14.9. The van der Waals surface area contributed by atoms with Gasteiger partial charge in [-0.05, 0) is 36.6 Å². The van der Waals surface area contributed by atoms with Crippen LogP contribution in [0, 0.1) is 11.6 Å². The third-order valence-corrected chi connectivity index (χ3v) is 7.17. The summed E-state index contributed by atoms with van der Waals surface area (Å²) in [5.41, 5.74) is -1.99. The van der Waals surface area contributed by atoms with Gasteiger partial charge in [0.25, 0.3) is 5.91 Å². The van der Waals surface area contributed by atoms with Gasteiger partial charge in [0.2, 0.25) is 5.91 Å². The lowest BCUT2D eigenvalue weighted by Gasteiger charge is -2.35. The van der Waals surface area contributed by atoms with Crippen LogP contribution in [0.2, 0.25) is 0 Å². The van der Waals surface area contributed by atoms with E-state index in [1.807, 2.05) is 0 Å². The number of carbonyl (C=O) groups excluding carboxylic acids is 2. The Morgan fingerprint density at radius 1 is 1.24 bits per heavy atom. The van der Waals surface area contributed by atoms with Crippen molar-refractivity contribution < 1.29 is 40.0 Å². The van der Waals surface area contributed by atoms with Crippen molar-refractivity contribution in [1.82, 2.24) is 20.1 Å². The molecule has 2 amide bonds. The standard InChI is InChI=1S/C23H18F5N5O4S/c1-38(36,37)10-17(34)30-20-18-15(32-33(20)16-3-2-12(9-29-16)23(26,27)28)8-22(31-21(18)35)5-4-11-6-13(24)7-14(25)19(11)22/h2-3,6-7,9H,4-5,8,10H2,1H3,(H,30,34)(H,31,35)/t22-/m1/s1. The molecule has 0 fully saturated rings. The number of aromatic nitrogens is 3. The van der Waals surface area contributed by atoms with Crippen molar-refractivity contribution in [3.8, 4) is 5.82 Å². The van der Waals surface area contributed by atoms with E-state index in [1.165, 1.54) is 6.07 Å². The van der Waals surface area contributed by atoms with E-state index in [4.69, 9.17) is 0 Å². The number of rotatable bonds is 4. The number of pyridine rings is 1. The second-order valence-electron chi connectivity index (χ2n) is 9.24. The highest BCUT2D eigenvalue weighted by atomic mass is 32.2. The zero-order valence-electron chi connectivity index (χ0n) is 19.5. The molecule has 2 aromatic heterocycles. The van der Waals surface area contributed by atoms with Crippen LogP contribution in [0.5, 0.6) is 0 Å². The van der Waals surface area contributed by atoms with Crippen LogP contribution in [0.1, 0.15) is 39.2 Å². The van der Waals surface area contributed by atoms with Crippen molar-refractivity contribution in [3.05, 3.63) is 70.0 Å². The van der Waals surface area contributed by atoms with Crippen LogP contribution in [0.3, 0.4) is 0 Å². The summed E-state index contributed by atoms with van der Waals surface area (Å²) in [6.45, 7) is 0. The van der Waals surface area contributed by atoms with E-state index in [-0.39, 0.29) is 47.7 Å². The second kappa shape index (κ2) is 8.58. The molecule has 1 aliphatic heterocycles. The average Bonchev–Trinajstić information content (AvgIpc) is 3.30. The number of nitrogens with one attached hydrogen (secondary N) is 2. The van der Waals surface area contributed by atoms with Crippen LogP contribution in [0.4, 0.5) is 27.8 Å². The minimum atomic E-state index is -4.67. The summed E-state index contributed by atoms with van der Waals surface area (Å²) >= 11 is 0. The Morgan fingerprint density at radius 3 is 2.61 bits per heavy atom. The topological polar surface area (TPSA) is 123 Å². The number of nitrogens with zero attached hydrogens (tertiary/aromatic N) is 3. The SMILES string of the molecule is CS(=O)(=O)CC(=O)Nc1c2c(nn1-c1ccc(C(F)(F)F)cn1)C[C@@]1(CCc3cc(F)cc(F)c31)NC2=O. The number of carbonyl (C=O) groups is 2. The lowest BCUT2D eigenvalue weighted by Crippen LogP contribution is -2.50. The van der Waals surface area contributed by atoms with Gasteiger partial charge in [-0.25, -0.2) is 22.2 Å². The fraction of sp³-hybridized carbons (Fsp3) is 0.304. The van der Waals surface area contributed by atoms with Crippen LogP contribution >= 0.6 is 0 Å². The zero-order valence-corrected chi connectivity index (χ0v) is 20.3. The predicted molar refractivity (Wildman–Crippen MR) is 122 cm³/mol. The highest BCUT2D eigenvalue weighted by Crippen LogP contribution is 2.45. The number of amides is 2. The number of hydrogen-bond donors (Lipinski definition) is 2. The molecular formula is C23H18F5N5O4S. The van der Waals surface area contributed by atoms with Crippen LogP contribution in [-0.4, -0.2) is 47.0 Å². The van der Waals surface area contributed by atoms with Crippen molar-refractivity contribution >= 4 is 27.5 Å². The normalized spacial score (nSPS) is 18.7. The van der Waals surface area contributed by atoms with Crippen molar-refractivity contribution in [3.63, 3.8) is 0 Å². The summed E-state index contributed by atoms with van der Waals surface area (Å²) in [5.74, 6) is -4.90. The summed E-state index contributed by atoms with van der Waals surface area (Å²) in [6.07, 6.45) is -2.92. The van der Waals surface area contributed by atoms with Gasteiger partial charge in [0.1, 0.15) is 23.0 Å². The Morgan fingerprint density at radius 2 is 1.97 bits per heavy atom. The quantitative estimate of drug-likeness (QED) is 0.478. The monoisotopic (exact) mass is 555 g/mol. The van der Waals surface area contributed by atoms with Crippen molar-refractivity contribution in [2.45, 2.75) is 31.0 Å².